The van der Waals surface area contributed by atoms with Crippen molar-refractivity contribution in [1.29, 1.82) is 0 Å². The molecule has 0 aromatic heterocycles. The second-order valence-electron chi connectivity index (χ2n) is 4.17. The zero-order valence-electron chi connectivity index (χ0n) is 10.1. The quantitative estimate of drug-likeness (QED) is 0.660. The standard InChI is InChI=1S/C12H13NO6/c14-12(15)8-1-2-11(10(7-8)13(16)17)19-9-3-5-18-6-4-9/h1-2,7,9H,3-6H2,(H,14,15). The monoisotopic (exact) mass is 267 g/mol. The van der Waals surface area contributed by atoms with Crippen molar-refractivity contribution in [2.75, 3.05) is 13.2 Å². The largest absolute Gasteiger partial charge is 0.483 e. The maximum atomic E-state index is 10.9. The molecular weight excluding hydrogens is 254 g/mol. The van der Waals surface area contributed by atoms with Crippen LogP contribution in [0.4, 0.5) is 5.69 Å². The first kappa shape index (κ1) is 13.3. The molecule has 0 atom stereocenters. The van der Waals surface area contributed by atoms with Crippen LogP contribution in [0.2, 0.25) is 0 Å². The summed E-state index contributed by atoms with van der Waals surface area (Å²) in [4.78, 5) is 21.1. The number of carboxylic acid groups (broad SMARTS) is 1. The average Bonchev–Trinajstić information content (AvgIpc) is 2.39. The van der Waals surface area contributed by atoms with Gasteiger partial charge in [-0.15, -0.1) is 0 Å². The highest BCUT2D eigenvalue weighted by Gasteiger charge is 2.22. The molecule has 0 spiro atoms. The average molecular weight is 267 g/mol. The predicted molar refractivity (Wildman–Crippen MR) is 64.5 cm³/mol. The summed E-state index contributed by atoms with van der Waals surface area (Å²) < 4.78 is 10.7. The number of carbonyl (C=O) groups is 1. The summed E-state index contributed by atoms with van der Waals surface area (Å²) in [6.07, 6.45) is 1.19. The van der Waals surface area contributed by atoms with Gasteiger partial charge in [0, 0.05) is 18.9 Å². The van der Waals surface area contributed by atoms with Crippen molar-refractivity contribution in [3.63, 3.8) is 0 Å². The van der Waals surface area contributed by atoms with Gasteiger partial charge >= 0.3 is 11.7 Å². The molecule has 1 aromatic rings. The van der Waals surface area contributed by atoms with Crippen molar-refractivity contribution in [2.24, 2.45) is 0 Å². The number of nitro benzene ring substituents is 1. The first-order valence-electron chi connectivity index (χ1n) is 5.84. The Balaban J connectivity index is 2.23. The van der Waals surface area contributed by atoms with Crippen LogP contribution in [0.3, 0.4) is 0 Å². The Morgan fingerprint density at radius 2 is 2.11 bits per heavy atom. The van der Waals surface area contributed by atoms with Crippen molar-refractivity contribution in [1.82, 2.24) is 0 Å². The smallest absolute Gasteiger partial charge is 0.335 e. The van der Waals surface area contributed by atoms with Gasteiger partial charge in [-0.25, -0.2) is 4.79 Å². The number of ether oxygens (including phenoxy) is 2. The normalized spacial score (nSPS) is 16.0. The van der Waals surface area contributed by atoms with E-state index < -0.39 is 10.9 Å². The van der Waals surface area contributed by atoms with E-state index in [-0.39, 0.29) is 23.1 Å². The molecule has 1 aliphatic heterocycles. The van der Waals surface area contributed by atoms with Crippen LogP contribution >= 0.6 is 0 Å². The zero-order valence-corrected chi connectivity index (χ0v) is 10.1. The fraction of sp³-hybridized carbons (Fsp3) is 0.417. The molecule has 1 N–H and O–H groups in total. The van der Waals surface area contributed by atoms with E-state index in [4.69, 9.17) is 14.6 Å². The van der Waals surface area contributed by atoms with E-state index in [2.05, 4.69) is 0 Å². The number of benzene rings is 1. The zero-order chi connectivity index (χ0) is 13.8. The van der Waals surface area contributed by atoms with E-state index in [0.717, 1.165) is 6.07 Å². The summed E-state index contributed by atoms with van der Waals surface area (Å²) in [7, 11) is 0. The third-order valence-corrected chi connectivity index (χ3v) is 2.86. The van der Waals surface area contributed by atoms with E-state index in [1.807, 2.05) is 0 Å². The van der Waals surface area contributed by atoms with E-state index in [1.54, 1.807) is 0 Å². The van der Waals surface area contributed by atoms with Crippen molar-refractivity contribution in [2.45, 2.75) is 18.9 Å². The van der Waals surface area contributed by atoms with Crippen LogP contribution in [0.5, 0.6) is 5.75 Å². The van der Waals surface area contributed by atoms with E-state index in [9.17, 15) is 14.9 Å². The van der Waals surface area contributed by atoms with Crippen LogP contribution in [-0.4, -0.2) is 35.3 Å². The molecule has 1 aromatic carbocycles. The number of nitrogens with zero attached hydrogens (tertiary/aromatic N) is 1. The van der Waals surface area contributed by atoms with Crippen molar-refractivity contribution < 1.29 is 24.3 Å². The molecule has 102 valence electrons. The Morgan fingerprint density at radius 3 is 2.68 bits per heavy atom. The molecular formula is C12H13NO6. The molecule has 1 saturated heterocycles. The lowest BCUT2D eigenvalue weighted by Crippen LogP contribution is -2.26. The summed E-state index contributed by atoms with van der Waals surface area (Å²) in [6, 6.07) is 3.64. The Bertz CT molecular complexity index is 495. The maximum absolute atomic E-state index is 10.9. The Labute approximate surface area is 108 Å². The van der Waals surface area contributed by atoms with Gasteiger partial charge in [0.2, 0.25) is 0 Å². The van der Waals surface area contributed by atoms with Crippen LogP contribution in [0.25, 0.3) is 0 Å². The van der Waals surface area contributed by atoms with Crippen LogP contribution in [-0.2, 0) is 4.74 Å². The molecule has 1 heterocycles. The van der Waals surface area contributed by atoms with E-state index in [1.165, 1.54) is 12.1 Å². The maximum Gasteiger partial charge on any atom is 0.335 e. The lowest BCUT2D eigenvalue weighted by molar-refractivity contribution is -0.386. The molecule has 7 heteroatoms. The fourth-order valence-electron chi connectivity index (χ4n) is 1.87. The van der Waals surface area contributed by atoms with E-state index >= 15 is 0 Å². The summed E-state index contributed by atoms with van der Waals surface area (Å²) in [5.41, 5.74) is -0.461. The third kappa shape index (κ3) is 3.19. The molecule has 1 aliphatic rings. The Morgan fingerprint density at radius 1 is 1.42 bits per heavy atom. The molecule has 0 aliphatic carbocycles. The fourth-order valence-corrected chi connectivity index (χ4v) is 1.87. The molecule has 1 fully saturated rings. The van der Waals surface area contributed by atoms with Gasteiger partial charge < -0.3 is 14.6 Å². The molecule has 0 amide bonds. The number of carboxylic acids is 1. The van der Waals surface area contributed by atoms with Crippen LogP contribution in [0.15, 0.2) is 18.2 Å². The summed E-state index contributed by atoms with van der Waals surface area (Å²) in [6.45, 7) is 1.12. The SMILES string of the molecule is O=C(O)c1ccc(OC2CCOCC2)c([N+](=O)[O-])c1. The highest BCUT2D eigenvalue weighted by Crippen LogP contribution is 2.30. The lowest BCUT2D eigenvalue weighted by Gasteiger charge is -2.23. The second kappa shape index (κ2) is 5.66. The van der Waals surface area contributed by atoms with Crippen LogP contribution < -0.4 is 4.74 Å². The van der Waals surface area contributed by atoms with Crippen LogP contribution in [0.1, 0.15) is 23.2 Å². The van der Waals surface area contributed by atoms with Gasteiger partial charge in [0.1, 0.15) is 6.10 Å². The van der Waals surface area contributed by atoms with Gasteiger partial charge in [-0.2, -0.15) is 0 Å². The first-order valence-corrected chi connectivity index (χ1v) is 5.84. The van der Waals surface area contributed by atoms with Gasteiger partial charge in [-0.3, -0.25) is 10.1 Å². The first-order chi connectivity index (χ1) is 9.08. The number of rotatable bonds is 4. The Kier molecular flexibility index (Phi) is 3.96. The third-order valence-electron chi connectivity index (χ3n) is 2.86. The number of nitro groups is 1. The van der Waals surface area contributed by atoms with Crippen LogP contribution in [0, 0.1) is 10.1 Å². The summed E-state index contributed by atoms with van der Waals surface area (Å²) in [5.74, 6) is -1.11. The molecule has 0 radical (unpaired) electrons. The molecule has 0 unspecified atom stereocenters. The molecule has 0 saturated carbocycles. The lowest BCUT2D eigenvalue weighted by atomic mass is 10.1. The number of hydrogen-bond donors (Lipinski definition) is 1. The number of hydrogen-bond acceptors (Lipinski definition) is 5. The van der Waals surface area contributed by atoms with Crippen molar-refractivity contribution in [3.8, 4) is 5.75 Å². The van der Waals surface area contributed by atoms with Gasteiger partial charge in [-0.05, 0) is 12.1 Å². The minimum absolute atomic E-state index is 0.0990. The van der Waals surface area contributed by atoms with Gasteiger partial charge in [0.05, 0.1) is 23.7 Å². The minimum atomic E-state index is -1.21. The molecule has 7 nitrogen and oxygen atoms in total. The summed E-state index contributed by atoms with van der Waals surface area (Å²) in [5, 5.41) is 19.8. The predicted octanol–water partition coefficient (Wildman–Crippen LogP) is 1.85. The Hall–Kier alpha value is -2.15. The number of aromatic carboxylic acids is 1. The van der Waals surface area contributed by atoms with E-state index in [0.29, 0.717) is 26.1 Å². The summed E-state index contributed by atoms with van der Waals surface area (Å²) >= 11 is 0. The second-order valence-corrected chi connectivity index (χ2v) is 4.17. The van der Waals surface area contributed by atoms with Gasteiger partial charge in [0.25, 0.3) is 0 Å². The molecule has 0 bridgehead atoms. The molecule has 19 heavy (non-hydrogen) atoms. The van der Waals surface area contributed by atoms with Crippen molar-refractivity contribution >= 4 is 11.7 Å². The highest BCUT2D eigenvalue weighted by atomic mass is 16.6. The van der Waals surface area contributed by atoms with Gasteiger partial charge in [-0.1, -0.05) is 0 Å². The minimum Gasteiger partial charge on any atom is -0.483 e. The molecule has 2 rings (SSSR count). The topological polar surface area (TPSA) is 98.9 Å². The van der Waals surface area contributed by atoms with Crippen molar-refractivity contribution in [3.05, 3.63) is 33.9 Å². The highest BCUT2D eigenvalue weighted by molar-refractivity contribution is 5.88. The van der Waals surface area contributed by atoms with Gasteiger partial charge in [0.15, 0.2) is 5.75 Å².